The third-order valence-corrected chi connectivity index (χ3v) is 5.53. The third kappa shape index (κ3) is 2.60. The molecule has 26 heavy (non-hydrogen) atoms. The average Bonchev–Trinajstić information content (AvgIpc) is 2.57. The number of fused-ring (bicyclic) bond motifs is 4. The van der Waals surface area contributed by atoms with Crippen molar-refractivity contribution in [1.82, 2.24) is 0 Å². The quantitative estimate of drug-likeness (QED) is 0.335. The van der Waals surface area contributed by atoms with E-state index in [0.29, 0.717) is 0 Å². The maximum Gasteiger partial charge on any atom is -0.00203 e. The van der Waals surface area contributed by atoms with E-state index in [0.717, 1.165) is 0 Å². The summed E-state index contributed by atoms with van der Waals surface area (Å²) in [5.74, 6) is 0. The second-order valence-corrected chi connectivity index (χ2v) is 9.53. The van der Waals surface area contributed by atoms with Crippen LogP contribution < -0.4 is 0 Å². The van der Waals surface area contributed by atoms with Crippen molar-refractivity contribution in [3.05, 3.63) is 71.8 Å². The van der Waals surface area contributed by atoms with E-state index in [-0.39, 0.29) is 10.8 Å². The van der Waals surface area contributed by atoms with Gasteiger partial charge in [0, 0.05) is 0 Å². The molecule has 0 spiro atoms. The minimum atomic E-state index is 0.109. The Morgan fingerprint density at radius 1 is 0.500 bits per heavy atom. The van der Waals surface area contributed by atoms with Crippen molar-refractivity contribution in [2.45, 2.75) is 52.4 Å². The molecule has 0 N–H and O–H groups in total. The molecule has 0 fully saturated rings. The molecule has 0 heterocycles. The highest BCUT2D eigenvalue weighted by molar-refractivity contribution is 6.08. The molecule has 132 valence electrons. The maximum absolute atomic E-state index is 2.43. The number of hydrogen-bond donors (Lipinski definition) is 0. The second kappa shape index (κ2) is 5.58. The Morgan fingerprint density at radius 2 is 1.08 bits per heavy atom. The lowest BCUT2D eigenvalue weighted by atomic mass is 9.72. The molecule has 3 aromatic carbocycles. The number of hydrogen-bond acceptors (Lipinski definition) is 0. The number of benzene rings is 3. The Bertz CT molecular complexity index is 991. The Kier molecular flexibility index (Phi) is 3.67. The molecule has 0 saturated carbocycles. The Hall–Kier alpha value is -2.34. The van der Waals surface area contributed by atoms with Gasteiger partial charge in [-0.05, 0) is 55.3 Å². The van der Waals surface area contributed by atoms with Crippen LogP contribution in [0.5, 0.6) is 0 Å². The van der Waals surface area contributed by atoms with Gasteiger partial charge in [-0.25, -0.2) is 0 Å². The van der Waals surface area contributed by atoms with Crippen molar-refractivity contribution >= 4 is 0 Å². The Balaban J connectivity index is 1.99. The molecule has 1 aliphatic rings. The zero-order valence-electron chi connectivity index (χ0n) is 16.8. The lowest BCUT2D eigenvalue weighted by Crippen LogP contribution is -2.16. The van der Waals surface area contributed by atoms with Gasteiger partial charge in [0.25, 0.3) is 0 Å². The highest BCUT2D eigenvalue weighted by Gasteiger charge is 2.28. The molecule has 0 bridgehead atoms. The molecule has 0 heteroatoms. The summed E-state index contributed by atoms with van der Waals surface area (Å²) in [4.78, 5) is 0. The molecule has 0 aromatic heterocycles. The van der Waals surface area contributed by atoms with Gasteiger partial charge in [0.15, 0.2) is 0 Å². The van der Waals surface area contributed by atoms with Crippen LogP contribution in [0.3, 0.4) is 0 Å². The van der Waals surface area contributed by atoms with Gasteiger partial charge in [-0.15, -0.1) is 0 Å². The predicted octanol–water partition coefficient (Wildman–Crippen LogP) is 7.60. The fourth-order valence-electron chi connectivity index (χ4n) is 4.05. The van der Waals surface area contributed by atoms with Gasteiger partial charge in [0.2, 0.25) is 0 Å². The molecule has 0 amide bonds. The van der Waals surface area contributed by atoms with Crippen molar-refractivity contribution in [3.63, 3.8) is 0 Å². The van der Waals surface area contributed by atoms with Gasteiger partial charge >= 0.3 is 0 Å². The van der Waals surface area contributed by atoms with Gasteiger partial charge in [0.1, 0.15) is 0 Å². The SMILES string of the molecule is CC(C)(C)c1ccc(C(C)(C)C)c(-c2cccc3c2-c2ccccc2-3)c1. The van der Waals surface area contributed by atoms with Crippen molar-refractivity contribution < 1.29 is 0 Å². The molecule has 0 atom stereocenters. The molecule has 1 aliphatic carbocycles. The van der Waals surface area contributed by atoms with Crippen molar-refractivity contribution in [3.8, 4) is 33.4 Å². The van der Waals surface area contributed by atoms with Crippen LogP contribution in [-0.2, 0) is 10.8 Å². The fraction of sp³-hybridized carbons (Fsp3) is 0.308. The molecule has 0 aliphatic heterocycles. The van der Waals surface area contributed by atoms with Gasteiger partial charge in [-0.1, -0.05) is 102 Å². The summed E-state index contributed by atoms with van der Waals surface area (Å²) >= 11 is 0. The second-order valence-electron chi connectivity index (χ2n) is 9.53. The van der Waals surface area contributed by atoms with E-state index < -0.39 is 0 Å². The summed E-state index contributed by atoms with van der Waals surface area (Å²) in [6, 6.07) is 22.6. The van der Waals surface area contributed by atoms with Crippen molar-refractivity contribution in [1.29, 1.82) is 0 Å². The highest BCUT2D eigenvalue weighted by Crippen LogP contribution is 2.52. The van der Waals surface area contributed by atoms with Gasteiger partial charge in [0.05, 0.1) is 0 Å². The van der Waals surface area contributed by atoms with Gasteiger partial charge < -0.3 is 0 Å². The summed E-state index contributed by atoms with van der Waals surface area (Å²) in [5, 5.41) is 0. The van der Waals surface area contributed by atoms with Gasteiger partial charge in [-0.2, -0.15) is 0 Å². The first-order valence-electron chi connectivity index (χ1n) is 9.56. The lowest BCUT2D eigenvalue weighted by Gasteiger charge is -2.31. The molecule has 0 unspecified atom stereocenters. The van der Waals surface area contributed by atoms with E-state index in [1.807, 2.05) is 0 Å². The highest BCUT2D eigenvalue weighted by atomic mass is 14.3. The molecular formula is C26H28. The maximum atomic E-state index is 2.43. The van der Waals surface area contributed by atoms with Crippen LogP contribution in [0.25, 0.3) is 33.4 Å². The van der Waals surface area contributed by atoms with Crippen molar-refractivity contribution in [2.24, 2.45) is 0 Å². The van der Waals surface area contributed by atoms with E-state index in [2.05, 4.69) is 102 Å². The smallest absolute Gasteiger partial charge is 0.00203 e. The summed E-state index contributed by atoms with van der Waals surface area (Å²) < 4.78 is 0. The summed E-state index contributed by atoms with van der Waals surface area (Å²) in [6.07, 6.45) is 0. The molecule has 4 rings (SSSR count). The summed E-state index contributed by atoms with van der Waals surface area (Å²) in [5.41, 5.74) is 11.4. The normalized spacial score (nSPS) is 13.0. The van der Waals surface area contributed by atoms with E-state index in [1.54, 1.807) is 0 Å². The van der Waals surface area contributed by atoms with E-state index in [4.69, 9.17) is 0 Å². The van der Waals surface area contributed by atoms with Crippen LogP contribution in [0.15, 0.2) is 60.7 Å². The van der Waals surface area contributed by atoms with Crippen LogP contribution in [0.2, 0.25) is 0 Å². The summed E-state index contributed by atoms with van der Waals surface area (Å²) in [6.45, 7) is 13.8. The Labute approximate surface area is 157 Å². The van der Waals surface area contributed by atoms with Crippen LogP contribution in [-0.4, -0.2) is 0 Å². The minimum Gasteiger partial charge on any atom is -0.0616 e. The van der Waals surface area contributed by atoms with Crippen LogP contribution in [0, 0.1) is 0 Å². The van der Waals surface area contributed by atoms with Crippen molar-refractivity contribution in [2.75, 3.05) is 0 Å². The van der Waals surface area contributed by atoms with Crippen LogP contribution in [0.4, 0.5) is 0 Å². The van der Waals surface area contributed by atoms with Gasteiger partial charge in [-0.3, -0.25) is 0 Å². The van der Waals surface area contributed by atoms with E-state index >= 15 is 0 Å². The standard InChI is InChI=1S/C26H28/c1-25(2,3)17-14-15-23(26(4,5)6)22(16-17)21-13-9-12-20-18-10-7-8-11-19(18)24(20)21/h7-16H,1-6H3. The fourth-order valence-corrected chi connectivity index (χ4v) is 4.05. The lowest BCUT2D eigenvalue weighted by molar-refractivity contribution is 0.578. The zero-order valence-corrected chi connectivity index (χ0v) is 16.8. The topological polar surface area (TPSA) is 0 Å². The van der Waals surface area contributed by atoms with Crippen LogP contribution >= 0.6 is 0 Å². The van der Waals surface area contributed by atoms with E-state index in [9.17, 15) is 0 Å². The molecular weight excluding hydrogens is 312 g/mol. The third-order valence-electron chi connectivity index (χ3n) is 5.53. The first-order valence-corrected chi connectivity index (χ1v) is 9.56. The molecule has 0 nitrogen and oxygen atoms in total. The molecule has 0 radical (unpaired) electrons. The predicted molar refractivity (Wildman–Crippen MR) is 114 cm³/mol. The average molecular weight is 341 g/mol. The first kappa shape index (κ1) is 17.1. The molecule has 0 saturated heterocycles. The molecule has 3 aromatic rings. The van der Waals surface area contributed by atoms with E-state index in [1.165, 1.54) is 44.5 Å². The monoisotopic (exact) mass is 340 g/mol. The summed E-state index contributed by atoms with van der Waals surface area (Å²) in [7, 11) is 0. The zero-order chi connectivity index (χ0) is 18.7. The minimum absolute atomic E-state index is 0.109. The Morgan fingerprint density at radius 3 is 1.69 bits per heavy atom. The first-order chi connectivity index (χ1) is 12.2. The number of rotatable bonds is 1. The largest absolute Gasteiger partial charge is 0.0616 e. The van der Waals surface area contributed by atoms with Crippen LogP contribution in [0.1, 0.15) is 52.7 Å².